The Kier molecular flexibility index (Phi) is 3.79. The van der Waals surface area contributed by atoms with Crippen molar-refractivity contribution in [2.75, 3.05) is 26.2 Å². The lowest BCUT2D eigenvalue weighted by Crippen LogP contribution is -2.47. The molecule has 0 bridgehead atoms. The second kappa shape index (κ2) is 5.10. The molecule has 0 aromatic rings. The molecule has 1 aliphatic carbocycles. The molecule has 3 nitrogen and oxygen atoms in total. The van der Waals surface area contributed by atoms with Crippen LogP contribution in [-0.4, -0.2) is 48.3 Å². The van der Waals surface area contributed by atoms with E-state index in [0.29, 0.717) is 12.6 Å². The molecule has 0 spiro atoms. The molecule has 14 heavy (non-hydrogen) atoms. The molecule has 1 unspecified atom stereocenters. The van der Waals surface area contributed by atoms with Gasteiger partial charge in [0.05, 0.1) is 6.61 Å². The fourth-order valence-corrected chi connectivity index (χ4v) is 2.50. The quantitative estimate of drug-likeness (QED) is 0.678. The van der Waals surface area contributed by atoms with E-state index in [0.717, 1.165) is 19.1 Å². The monoisotopic (exact) mass is 198 g/mol. The Balaban J connectivity index is 1.76. The Labute approximate surface area is 86.5 Å². The van der Waals surface area contributed by atoms with Crippen LogP contribution in [0.3, 0.4) is 0 Å². The van der Waals surface area contributed by atoms with E-state index in [1.165, 1.54) is 38.6 Å². The van der Waals surface area contributed by atoms with Crippen molar-refractivity contribution in [3.05, 3.63) is 0 Å². The SMILES string of the molecule is OCCN(CC1CCCN1)C1CCC1. The number of hydrogen-bond donors (Lipinski definition) is 2. The van der Waals surface area contributed by atoms with Gasteiger partial charge in [-0.2, -0.15) is 0 Å². The molecule has 82 valence electrons. The van der Waals surface area contributed by atoms with Gasteiger partial charge in [0, 0.05) is 25.2 Å². The Morgan fingerprint density at radius 3 is 2.57 bits per heavy atom. The first-order valence-electron chi connectivity index (χ1n) is 5.98. The first kappa shape index (κ1) is 10.4. The Morgan fingerprint density at radius 2 is 2.07 bits per heavy atom. The highest BCUT2D eigenvalue weighted by atomic mass is 16.3. The van der Waals surface area contributed by atoms with Crippen LogP contribution in [0.5, 0.6) is 0 Å². The minimum Gasteiger partial charge on any atom is -0.395 e. The van der Waals surface area contributed by atoms with E-state index >= 15 is 0 Å². The van der Waals surface area contributed by atoms with Crippen LogP contribution >= 0.6 is 0 Å². The molecule has 2 aliphatic rings. The molecule has 1 saturated carbocycles. The topological polar surface area (TPSA) is 35.5 Å². The largest absolute Gasteiger partial charge is 0.395 e. The maximum absolute atomic E-state index is 9.02. The third-order valence-electron chi connectivity index (χ3n) is 3.60. The molecular formula is C11H22N2O. The molecule has 1 heterocycles. The van der Waals surface area contributed by atoms with Gasteiger partial charge in [-0.1, -0.05) is 6.42 Å². The van der Waals surface area contributed by atoms with Crippen LogP contribution in [0.25, 0.3) is 0 Å². The normalized spacial score (nSPS) is 28.3. The lowest BCUT2D eigenvalue weighted by atomic mass is 9.91. The molecule has 3 heteroatoms. The van der Waals surface area contributed by atoms with Gasteiger partial charge in [-0.05, 0) is 32.2 Å². The summed E-state index contributed by atoms with van der Waals surface area (Å²) in [5.74, 6) is 0. The van der Waals surface area contributed by atoms with Gasteiger partial charge in [-0.3, -0.25) is 4.90 Å². The molecule has 1 saturated heterocycles. The summed E-state index contributed by atoms with van der Waals surface area (Å²) in [5.41, 5.74) is 0. The molecule has 2 fully saturated rings. The molecule has 0 aromatic carbocycles. The smallest absolute Gasteiger partial charge is 0.0558 e. The first-order valence-corrected chi connectivity index (χ1v) is 5.98. The van der Waals surface area contributed by atoms with Crippen LogP contribution in [0.1, 0.15) is 32.1 Å². The molecule has 0 radical (unpaired) electrons. The maximum atomic E-state index is 9.02. The van der Waals surface area contributed by atoms with E-state index in [-0.39, 0.29) is 0 Å². The zero-order chi connectivity index (χ0) is 9.80. The number of nitrogens with zero attached hydrogens (tertiary/aromatic N) is 1. The van der Waals surface area contributed by atoms with Crippen molar-refractivity contribution in [2.24, 2.45) is 0 Å². The van der Waals surface area contributed by atoms with Crippen molar-refractivity contribution < 1.29 is 5.11 Å². The number of aliphatic hydroxyl groups excluding tert-OH is 1. The van der Waals surface area contributed by atoms with E-state index in [2.05, 4.69) is 10.2 Å². The van der Waals surface area contributed by atoms with Gasteiger partial charge in [-0.15, -0.1) is 0 Å². The van der Waals surface area contributed by atoms with E-state index < -0.39 is 0 Å². The third-order valence-corrected chi connectivity index (χ3v) is 3.60. The van der Waals surface area contributed by atoms with Gasteiger partial charge >= 0.3 is 0 Å². The lowest BCUT2D eigenvalue weighted by Gasteiger charge is -2.38. The molecule has 1 aliphatic heterocycles. The van der Waals surface area contributed by atoms with Gasteiger partial charge in [0.2, 0.25) is 0 Å². The van der Waals surface area contributed by atoms with Crippen LogP contribution in [0, 0.1) is 0 Å². The van der Waals surface area contributed by atoms with E-state index in [9.17, 15) is 0 Å². The lowest BCUT2D eigenvalue weighted by molar-refractivity contribution is 0.0931. The summed E-state index contributed by atoms with van der Waals surface area (Å²) in [5, 5.41) is 12.5. The second-order valence-corrected chi connectivity index (χ2v) is 4.60. The van der Waals surface area contributed by atoms with Crippen molar-refractivity contribution in [3.63, 3.8) is 0 Å². The van der Waals surface area contributed by atoms with Crippen LogP contribution in [0.4, 0.5) is 0 Å². The van der Waals surface area contributed by atoms with Crippen LogP contribution < -0.4 is 5.32 Å². The number of rotatable bonds is 5. The predicted octanol–water partition coefficient (Wildman–Crippen LogP) is 0.585. The summed E-state index contributed by atoms with van der Waals surface area (Å²) in [4.78, 5) is 2.48. The van der Waals surface area contributed by atoms with E-state index in [1.807, 2.05) is 0 Å². The van der Waals surface area contributed by atoms with Gasteiger partial charge in [0.25, 0.3) is 0 Å². The van der Waals surface area contributed by atoms with Gasteiger partial charge in [0.15, 0.2) is 0 Å². The first-order chi connectivity index (χ1) is 6.90. The van der Waals surface area contributed by atoms with Crippen LogP contribution in [0.2, 0.25) is 0 Å². The summed E-state index contributed by atoms with van der Waals surface area (Å²) in [6, 6.07) is 1.45. The molecule has 2 N–H and O–H groups in total. The van der Waals surface area contributed by atoms with Crippen molar-refractivity contribution in [3.8, 4) is 0 Å². The van der Waals surface area contributed by atoms with Crippen LogP contribution in [-0.2, 0) is 0 Å². The van der Waals surface area contributed by atoms with Crippen LogP contribution in [0.15, 0.2) is 0 Å². The number of nitrogens with one attached hydrogen (secondary N) is 1. The van der Waals surface area contributed by atoms with E-state index in [4.69, 9.17) is 5.11 Å². The standard InChI is InChI=1S/C11H22N2O/c14-8-7-13(11-4-1-5-11)9-10-3-2-6-12-10/h10-12,14H,1-9H2. The zero-order valence-electron chi connectivity index (χ0n) is 8.91. The highest BCUT2D eigenvalue weighted by Gasteiger charge is 2.27. The average molecular weight is 198 g/mol. The molecule has 0 aromatic heterocycles. The molecule has 1 atom stereocenters. The Morgan fingerprint density at radius 1 is 1.21 bits per heavy atom. The third kappa shape index (κ3) is 2.47. The van der Waals surface area contributed by atoms with Crippen molar-refractivity contribution in [2.45, 2.75) is 44.2 Å². The second-order valence-electron chi connectivity index (χ2n) is 4.60. The van der Waals surface area contributed by atoms with E-state index in [1.54, 1.807) is 0 Å². The minimum absolute atomic E-state index is 0.309. The van der Waals surface area contributed by atoms with Crippen molar-refractivity contribution in [1.82, 2.24) is 10.2 Å². The molecule has 2 rings (SSSR count). The average Bonchev–Trinajstić information content (AvgIpc) is 2.54. The van der Waals surface area contributed by atoms with Crippen molar-refractivity contribution >= 4 is 0 Å². The predicted molar refractivity (Wildman–Crippen MR) is 57.3 cm³/mol. The Hall–Kier alpha value is -0.120. The minimum atomic E-state index is 0.309. The summed E-state index contributed by atoms with van der Waals surface area (Å²) < 4.78 is 0. The molecule has 0 amide bonds. The maximum Gasteiger partial charge on any atom is 0.0558 e. The van der Waals surface area contributed by atoms with Gasteiger partial charge in [-0.25, -0.2) is 0 Å². The summed E-state index contributed by atoms with van der Waals surface area (Å²) >= 11 is 0. The zero-order valence-corrected chi connectivity index (χ0v) is 8.91. The number of aliphatic hydroxyl groups is 1. The fraction of sp³-hybridized carbons (Fsp3) is 1.00. The summed E-state index contributed by atoms with van der Waals surface area (Å²) in [6.07, 6.45) is 6.70. The van der Waals surface area contributed by atoms with Gasteiger partial charge < -0.3 is 10.4 Å². The fourth-order valence-electron chi connectivity index (χ4n) is 2.50. The van der Waals surface area contributed by atoms with Crippen molar-refractivity contribution in [1.29, 1.82) is 0 Å². The Bertz CT molecular complexity index is 165. The highest BCUT2D eigenvalue weighted by Crippen LogP contribution is 2.25. The highest BCUT2D eigenvalue weighted by molar-refractivity contribution is 4.85. The molecular weight excluding hydrogens is 176 g/mol. The van der Waals surface area contributed by atoms with Gasteiger partial charge in [0.1, 0.15) is 0 Å². The summed E-state index contributed by atoms with van der Waals surface area (Å²) in [6.45, 7) is 3.50. The summed E-state index contributed by atoms with van der Waals surface area (Å²) in [7, 11) is 0. The number of hydrogen-bond acceptors (Lipinski definition) is 3.